The highest BCUT2D eigenvalue weighted by molar-refractivity contribution is 5.77. The van der Waals surface area contributed by atoms with E-state index in [-0.39, 0.29) is 19.1 Å². The van der Waals surface area contributed by atoms with Gasteiger partial charge in [-0.15, -0.1) is 0 Å². The van der Waals surface area contributed by atoms with Crippen molar-refractivity contribution in [3.05, 3.63) is 71.8 Å². The minimum Gasteiger partial charge on any atom is -0.388 e. The Bertz CT molecular complexity index is 1210. The maximum absolute atomic E-state index is 14.6. The van der Waals surface area contributed by atoms with Crippen LogP contribution in [-0.2, 0) is 12.8 Å². The summed E-state index contributed by atoms with van der Waals surface area (Å²) >= 11 is 0. The maximum Gasteiger partial charge on any atom is 0.322 e. The first kappa shape index (κ1) is 37.1. The van der Waals surface area contributed by atoms with Crippen LogP contribution in [0.1, 0.15) is 66.5 Å². The minimum atomic E-state index is -1.18. The van der Waals surface area contributed by atoms with Gasteiger partial charge in [0.2, 0.25) is 0 Å². The predicted octanol–water partition coefficient (Wildman–Crippen LogP) is 4.91. The van der Waals surface area contributed by atoms with Gasteiger partial charge in [0.05, 0.1) is 38.3 Å². The molecule has 0 spiro atoms. The van der Waals surface area contributed by atoms with E-state index < -0.39 is 24.3 Å². The summed E-state index contributed by atoms with van der Waals surface area (Å²) in [6.45, 7) is 18.7. The largest absolute Gasteiger partial charge is 0.388 e. The van der Waals surface area contributed by atoms with Crippen LogP contribution in [0, 0.1) is 23.7 Å². The molecule has 3 rings (SSSR count). The number of urea groups is 1. The van der Waals surface area contributed by atoms with E-state index in [1.54, 1.807) is 9.80 Å². The second-order valence-corrected chi connectivity index (χ2v) is 13.5. The fourth-order valence-corrected chi connectivity index (χ4v) is 6.31. The van der Waals surface area contributed by atoms with Gasteiger partial charge in [-0.3, -0.25) is 9.80 Å². The fourth-order valence-electron chi connectivity index (χ4n) is 6.31. The van der Waals surface area contributed by atoms with Crippen LogP contribution in [-0.4, -0.2) is 110 Å². The lowest BCUT2D eigenvalue weighted by Gasteiger charge is -2.33. The van der Waals surface area contributed by atoms with Crippen LogP contribution in [0.5, 0.6) is 0 Å². The molecule has 0 unspecified atom stereocenters. The number of aliphatic hydroxyl groups is 2. The third-order valence-corrected chi connectivity index (χ3v) is 8.93. The van der Waals surface area contributed by atoms with Gasteiger partial charge in [-0.1, -0.05) is 84.3 Å². The average molecular weight is 629 g/mol. The zero-order valence-corrected chi connectivity index (χ0v) is 29.2. The summed E-state index contributed by atoms with van der Waals surface area (Å²) in [6, 6.07) is 19.4. The Balaban J connectivity index is 2.02. The van der Waals surface area contributed by atoms with E-state index in [0.29, 0.717) is 50.1 Å². The van der Waals surface area contributed by atoms with Gasteiger partial charge in [0, 0.05) is 24.2 Å². The number of carbonyl (C=O) groups excluding carboxylic acids is 1. The second-order valence-electron chi connectivity index (χ2n) is 13.5. The Morgan fingerprint density at radius 2 is 0.913 bits per heavy atom. The molecule has 250 valence electrons. The molecule has 0 aromatic heterocycles. The summed E-state index contributed by atoms with van der Waals surface area (Å²) in [5, 5.41) is 23.6. The quantitative estimate of drug-likeness (QED) is 0.327. The first-order valence-electron chi connectivity index (χ1n) is 16.9. The Hall–Kier alpha value is -3.33. The summed E-state index contributed by atoms with van der Waals surface area (Å²) in [7, 11) is 0. The molecule has 46 heavy (non-hydrogen) atoms. The van der Waals surface area contributed by atoms with Crippen LogP contribution < -0.4 is 0 Å². The van der Waals surface area contributed by atoms with Gasteiger partial charge in [0.25, 0.3) is 0 Å². The Labute approximate surface area is 278 Å². The molecule has 2 aromatic carbocycles. The van der Waals surface area contributed by atoms with E-state index in [1.807, 2.05) is 60.7 Å². The van der Waals surface area contributed by atoms with Crippen molar-refractivity contribution in [3.8, 4) is 23.7 Å². The molecule has 7 nitrogen and oxygen atoms in total. The molecule has 7 heteroatoms. The Morgan fingerprint density at radius 1 is 0.587 bits per heavy atom. The predicted molar refractivity (Wildman–Crippen MR) is 188 cm³/mol. The number of hydrogen-bond acceptors (Lipinski definition) is 5. The number of benzene rings is 2. The fraction of sp³-hybridized carbons (Fsp3) is 0.564. The lowest BCUT2D eigenvalue weighted by Crippen LogP contribution is -2.51. The van der Waals surface area contributed by atoms with Crippen LogP contribution in [0.3, 0.4) is 0 Å². The van der Waals surface area contributed by atoms with E-state index in [4.69, 9.17) is 0 Å². The Kier molecular flexibility index (Phi) is 14.6. The number of rotatable bonds is 12. The number of nitrogens with zero attached hydrogens (tertiary/aromatic N) is 4. The van der Waals surface area contributed by atoms with Gasteiger partial charge < -0.3 is 20.0 Å². The van der Waals surface area contributed by atoms with Crippen molar-refractivity contribution in [2.75, 3.05) is 26.2 Å². The van der Waals surface area contributed by atoms with Crippen molar-refractivity contribution >= 4 is 6.03 Å². The standard InChI is InChI=1S/C39H56N4O3/c1-29(2)40(30(3)4)23-15-17-25-42-35(27-33-19-11-9-12-20-33)37(44)38(45)36(28-34-21-13-10-14-22-34)43(39(42)46)26-18-16-24-41(31(5)6)32(7)8/h9-14,19-22,29-32,35-38,44-45H,23-28H2,1-8H3/t35-,36-,37+,38+/m1/s1. The highest BCUT2D eigenvalue weighted by atomic mass is 16.3. The first-order chi connectivity index (χ1) is 21.9. The molecule has 1 aliphatic rings. The van der Waals surface area contributed by atoms with Crippen molar-refractivity contribution in [2.45, 2.75) is 117 Å². The van der Waals surface area contributed by atoms with Gasteiger partial charge in [0.15, 0.2) is 0 Å². The van der Waals surface area contributed by atoms with Crippen LogP contribution in [0.15, 0.2) is 60.7 Å². The molecule has 2 amide bonds. The average Bonchev–Trinajstić information content (AvgIpc) is 3.07. The van der Waals surface area contributed by atoms with Crippen molar-refractivity contribution in [1.29, 1.82) is 0 Å². The zero-order valence-electron chi connectivity index (χ0n) is 29.2. The molecule has 0 aliphatic carbocycles. The van der Waals surface area contributed by atoms with Gasteiger partial charge in [-0.2, -0.15) is 0 Å². The molecule has 1 fully saturated rings. The molecule has 1 saturated heterocycles. The second kappa shape index (κ2) is 18.1. The minimum absolute atomic E-state index is 0.139. The van der Waals surface area contributed by atoms with E-state index >= 15 is 0 Å². The van der Waals surface area contributed by atoms with Crippen LogP contribution in [0.2, 0.25) is 0 Å². The molecule has 1 aliphatic heterocycles. The van der Waals surface area contributed by atoms with Crippen LogP contribution in [0.25, 0.3) is 0 Å². The molecule has 2 aromatic rings. The third kappa shape index (κ3) is 10.3. The van der Waals surface area contributed by atoms with Crippen molar-refractivity contribution in [1.82, 2.24) is 19.6 Å². The summed E-state index contributed by atoms with van der Waals surface area (Å²) < 4.78 is 0. The van der Waals surface area contributed by atoms with Gasteiger partial charge in [-0.05, 0) is 79.4 Å². The maximum atomic E-state index is 14.6. The van der Waals surface area contributed by atoms with Gasteiger partial charge in [-0.25, -0.2) is 4.79 Å². The monoisotopic (exact) mass is 628 g/mol. The molecule has 0 bridgehead atoms. The molecule has 0 saturated carbocycles. The van der Waals surface area contributed by atoms with E-state index in [1.165, 1.54) is 0 Å². The van der Waals surface area contributed by atoms with Crippen molar-refractivity contribution < 1.29 is 15.0 Å². The third-order valence-electron chi connectivity index (χ3n) is 8.93. The molecule has 4 atom stereocenters. The lowest BCUT2D eigenvalue weighted by molar-refractivity contribution is -0.0374. The smallest absolute Gasteiger partial charge is 0.322 e. The van der Waals surface area contributed by atoms with Gasteiger partial charge >= 0.3 is 6.03 Å². The van der Waals surface area contributed by atoms with Crippen LogP contribution in [0.4, 0.5) is 4.79 Å². The highest BCUT2D eigenvalue weighted by Crippen LogP contribution is 2.27. The molecular formula is C39H56N4O3. The molecule has 2 N–H and O–H groups in total. The van der Waals surface area contributed by atoms with Crippen molar-refractivity contribution in [2.24, 2.45) is 0 Å². The van der Waals surface area contributed by atoms with E-state index in [0.717, 1.165) is 11.1 Å². The summed E-state index contributed by atoms with van der Waals surface area (Å²) in [6.07, 6.45) is -1.58. The van der Waals surface area contributed by atoms with E-state index in [9.17, 15) is 15.0 Å². The number of carbonyl (C=O) groups is 1. The molecule has 1 heterocycles. The SMILES string of the molecule is CC(C)N(CC#CCN1C(=O)N(CC#CCN(C(C)C)C(C)C)[C@H](Cc2ccccc2)[C@H](O)[C@@H](O)[C@H]1Cc1ccccc1)C(C)C. The number of aliphatic hydroxyl groups excluding tert-OH is 2. The lowest BCUT2D eigenvalue weighted by atomic mass is 9.91. The number of amides is 2. The topological polar surface area (TPSA) is 70.5 Å². The van der Waals surface area contributed by atoms with Gasteiger partial charge in [0.1, 0.15) is 12.2 Å². The highest BCUT2D eigenvalue weighted by Gasteiger charge is 2.46. The first-order valence-corrected chi connectivity index (χ1v) is 16.9. The summed E-state index contributed by atoms with van der Waals surface area (Å²) in [4.78, 5) is 22.5. The van der Waals surface area contributed by atoms with E-state index in [2.05, 4.69) is 88.9 Å². The molecular weight excluding hydrogens is 572 g/mol. The summed E-state index contributed by atoms with van der Waals surface area (Å²) in [5.74, 6) is 13.1. The van der Waals surface area contributed by atoms with Crippen LogP contribution >= 0.6 is 0 Å². The number of hydrogen-bond donors (Lipinski definition) is 2. The normalized spacial score (nSPS) is 20.4. The summed E-state index contributed by atoms with van der Waals surface area (Å²) in [5.41, 5.74) is 1.95. The zero-order chi connectivity index (χ0) is 33.8. The Morgan fingerprint density at radius 3 is 1.22 bits per heavy atom. The van der Waals surface area contributed by atoms with Crippen molar-refractivity contribution in [3.63, 3.8) is 0 Å². The molecule has 0 radical (unpaired) electrons.